The monoisotopic (exact) mass is 224 g/mol. The summed E-state index contributed by atoms with van der Waals surface area (Å²) < 4.78 is 5.22. The number of carbonyl (C=O) groups is 1. The fourth-order valence-electron chi connectivity index (χ4n) is 2.07. The van der Waals surface area contributed by atoms with Crippen molar-refractivity contribution in [3.63, 3.8) is 0 Å². The molecule has 3 heteroatoms. The van der Waals surface area contributed by atoms with Crippen LogP contribution in [0.2, 0.25) is 0 Å². The molecule has 0 fully saturated rings. The van der Waals surface area contributed by atoms with Gasteiger partial charge in [0.15, 0.2) is 0 Å². The molecule has 0 aromatic carbocycles. The zero-order valence-electron chi connectivity index (χ0n) is 10.4. The molecular formula is C13H20O3. The Kier molecular flexibility index (Phi) is 4.16. The standard InChI is InChI=1S/C13H20O3/c1-8-7-11(5-6-12(8)16-4)9(2)10(3)13(14)15/h5-6,9-11H,7H2,1-4H3,(H,14,15). The molecule has 0 radical (unpaired) electrons. The Morgan fingerprint density at radius 3 is 2.62 bits per heavy atom. The van der Waals surface area contributed by atoms with Gasteiger partial charge in [0.2, 0.25) is 0 Å². The predicted molar refractivity (Wildman–Crippen MR) is 62.9 cm³/mol. The molecule has 0 aromatic heterocycles. The van der Waals surface area contributed by atoms with Crippen LogP contribution in [0.4, 0.5) is 0 Å². The molecule has 0 heterocycles. The highest BCUT2D eigenvalue weighted by atomic mass is 16.5. The van der Waals surface area contributed by atoms with Crippen molar-refractivity contribution in [2.75, 3.05) is 7.11 Å². The van der Waals surface area contributed by atoms with Crippen LogP contribution in [0, 0.1) is 17.8 Å². The van der Waals surface area contributed by atoms with E-state index in [0.717, 1.165) is 12.2 Å². The first kappa shape index (κ1) is 12.8. The molecule has 0 amide bonds. The first-order chi connectivity index (χ1) is 7.47. The quantitative estimate of drug-likeness (QED) is 0.798. The van der Waals surface area contributed by atoms with Crippen LogP contribution in [0.25, 0.3) is 0 Å². The van der Waals surface area contributed by atoms with Gasteiger partial charge in [-0.3, -0.25) is 4.79 Å². The summed E-state index contributed by atoms with van der Waals surface area (Å²) >= 11 is 0. The average molecular weight is 224 g/mol. The first-order valence-electron chi connectivity index (χ1n) is 5.62. The van der Waals surface area contributed by atoms with E-state index in [9.17, 15) is 4.79 Å². The molecule has 3 atom stereocenters. The Labute approximate surface area is 96.8 Å². The molecule has 90 valence electrons. The lowest BCUT2D eigenvalue weighted by Crippen LogP contribution is -2.25. The summed E-state index contributed by atoms with van der Waals surface area (Å²) in [6.45, 7) is 5.80. The van der Waals surface area contributed by atoms with Crippen LogP contribution in [-0.2, 0) is 9.53 Å². The second-order valence-corrected chi connectivity index (χ2v) is 4.56. The van der Waals surface area contributed by atoms with Crippen molar-refractivity contribution in [1.29, 1.82) is 0 Å². The molecule has 1 N–H and O–H groups in total. The highest BCUT2D eigenvalue weighted by Gasteiger charge is 2.27. The lowest BCUT2D eigenvalue weighted by atomic mass is 9.78. The molecule has 16 heavy (non-hydrogen) atoms. The number of hydrogen-bond acceptors (Lipinski definition) is 2. The second-order valence-electron chi connectivity index (χ2n) is 4.56. The molecule has 3 nitrogen and oxygen atoms in total. The number of methoxy groups -OCH3 is 1. The van der Waals surface area contributed by atoms with Crippen molar-refractivity contribution < 1.29 is 14.6 Å². The van der Waals surface area contributed by atoms with Crippen molar-refractivity contribution in [2.45, 2.75) is 27.2 Å². The predicted octanol–water partition coefficient (Wildman–Crippen LogP) is 2.84. The number of aliphatic carboxylic acids is 1. The molecule has 0 saturated heterocycles. The molecule has 0 aromatic rings. The summed E-state index contributed by atoms with van der Waals surface area (Å²) in [6, 6.07) is 0. The van der Waals surface area contributed by atoms with Crippen LogP contribution in [0.3, 0.4) is 0 Å². The molecule has 1 aliphatic carbocycles. The van der Waals surface area contributed by atoms with Gasteiger partial charge >= 0.3 is 5.97 Å². The van der Waals surface area contributed by atoms with E-state index in [-0.39, 0.29) is 11.8 Å². The summed E-state index contributed by atoms with van der Waals surface area (Å²) in [6.07, 6.45) is 4.91. The van der Waals surface area contributed by atoms with Gasteiger partial charge in [0.05, 0.1) is 13.0 Å². The molecular weight excluding hydrogens is 204 g/mol. The van der Waals surface area contributed by atoms with E-state index in [0.29, 0.717) is 5.92 Å². The molecule has 1 rings (SSSR count). The van der Waals surface area contributed by atoms with Crippen LogP contribution in [-0.4, -0.2) is 18.2 Å². The number of hydrogen-bond donors (Lipinski definition) is 1. The van der Waals surface area contributed by atoms with Crippen molar-refractivity contribution in [3.05, 3.63) is 23.5 Å². The van der Waals surface area contributed by atoms with Crippen molar-refractivity contribution in [2.24, 2.45) is 17.8 Å². The third kappa shape index (κ3) is 2.65. The van der Waals surface area contributed by atoms with E-state index in [1.807, 2.05) is 19.9 Å². The van der Waals surface area contributed by atoms with Crippen molar-refractivity contribution in [3.8, 4) is 0 Å². The molecule has 0 aliphatic heterocycles. The molecule has 0 bridgehead atoms. The summed E-state index contributed by atoms with van der Waals surface area (Å²) in [5, 5.41) is 8.99. The smallest absolute Gasteiger partial charge is 0.306 e. The lowest BCUT2D eigenvalue weighted by molar-refractivity contribution is -0.143. The van der Waals surface area contributed by atoms with Gasteiger partial charge in [0.1, 0.15) is 5.76 Å². The topological polar surface area (TPSA) is 46.5 Å². The Morgan fingerprint density at radius 2 is 2.19 bits per heavy atom. The SMILES string of the molecule is COC1=C(C)CC(C(C)C(C)C(=O)O)C=C1. The number of allylic oxidation sites excluding steroid dienone is 3. The fraction of sp³-hybridized carbons (Fsp3) is 0.615. The Hall–Kier alpha value is -1.25. The summed E-state index contributed by atoms with van der Waals surface area (Å²) in [7, 11) is 1.66. The van der Waals surface area contributed by atoms with E-state index >= 15 is 0 Å². The van der Waals surface area contributed by atoms with Crippen molar-refractivity contribution in [1.82, 2.24) is 0 Å². The minimum absolute atomic E-state index is 0.141. The van der Waals surface area contributed by atoms with E-state index in [4.69, 9.17) is 9.84 Å². The van der Waals surface area contributed by atoms with Gasteiger partial charge in [-0.15, -0.1) is 0 Å². The summed E-state index contributed by atoms with van der Waals surface area (Å²) in [4.78, 5) is 10.9. The van der Waals surface area contributed by atoms with E-state index < -0.39 is 5.97 Å². The van der Waals surface area contributed by atoms with Crippen LogP contribution in [0.5, 0.6) is 0 Å². The van der Waals surface area contributed by atoms with Gasteiger partial charge in [0, 0.05) is 0 Å². The second kappa shape index (κ2) is 5.19. The minimum atomic E-state index is -0.722. The summed E-state index contributed by atoms with van der Waals surface area (Å²) in [5.74, 6) is 0.310. The molecule has 3 unspecified atom stereocenters. The highest BCUT2D eigenvalue weighted by Crippen LogP contribution is 2.32. The van der Waals surface area contributed by atoms with E-state index in [1.54, 1.807) is 14.0 Å². The van der Waals surface area contributed by atoms with E-state index in [1.165, 1.54) is 5.57 Å². The molecule has 0 spiro atoms. The van der Waals surface area contributed by atoms with Gasteiger partial charge < -0.3 is 9.84 Å². The maximum absolute atomic E-state index is 10.9. The third-order valence-corrected chi connectivity index (χ3v) is 3.53. The lowest BCUT2D eigenvalue weighted by Gasteiger charge is -2.27. The zero-order chi connectivity index (χ0) is 12.3. The number of rotatable bonds is 4. The first-order valence-corrected chi connectivity index (χ1v) is 5.62. The summed E-state index contributed by atoms with van der Waals surface area (Å²) in [5.41, 5.74) is 1.19. The number of carboxylic acid groups (broad SMARTS) is 1. The fourth-order valence-corrected chi connectivity index (χ4v) is 2.07. The van der Waals surface area contributed by atoms with Crippen LogP contribution in [0.1, 0.15) is 27.2 Å². The van der Waals surface area contributed by atoms with Gasteiger partial charge in [-0.05, 0) is 36.8 Å². The van der Waals surface area contributed by atoms with Gasteiger partial charge in [0.25, 0.3) is 0 Å². The average Bonchev–Trinajstić information content (AvgIpc) is 2.26. The maximum atomic E-state index is 10.9. The maximum Gasteiger partial charge on any atom is 0.306 e. The minimum Gasteiger partial charge on any atom is -0.497 e. The van der Waals surface area contributed by atoms with Gasteiger partial charge in [-0.1, -0.05) is 19.9 Å². The van der Waals surface area contributed by atoms with Crippen molar-refractivity contribution >= 4 is 5.97 Å². The van der Waals surface area contributed by atoms with Crippen LogP contribution in [0.15, 0.2) is 23.5 Å². The Morgan fingerprint density at radius 1 is 1.56 bits per heavy atom. The molecule has 0 saturated carbocycles. The Balaban J connectivity index is 2.71. The number of ether oxygens (including phenoxy) is 1. The highest BCUT2D eigenvalue weighted by molar-refractivity contribution is 5.69. The number of carboxylic acids is 1. The Bertz CT molecular complexity index is 328. The molecule has 1 aliphatic rings. The van der Waals surface area contributed by atoms with Crippen LogP contribution < -0.4 is 0 Å². The van der Waals surface area contributed by atoms with E-state index in [2.05, 4.69) is 6.08 Å². The van der Waals surface area contributed by atoms with Gasteiger partial charge in [-0.25, -0.2) is 0 Å². The van der Waals surface area contributed by atoms with Gasteiger partial charge in [-0.2, -0.15) is 0 Å². The normalized spacial score (nSPS) is 24.1. The largest absolute Gasteiger partial charge is 0.497 e. The zero-order valence-corrected chi connectivity index (χ0v) is 10.4. The third-order valence-electron chi connectivity index (χ3n) is 3.53. The van der Waals surface area contributed by atoms with Crippen LogP contribution >= 0.6 is 0 Å².